The first kappa shape index (κ1) is 4.61. The summed E-state index contributed by atoms with van der Waals surface area (Å²) in [6, 6.07) is 0.242. The Balaban J connectivity index is 2.29. The summed E-state index contributed by atoms with van der Waals surface area (Å²) in [6.45, 7) is 0. The van der Waals surface area contributed by atoms with Gasteiger partial charge in [-0.25, -0.2) is 0 Å². The van der Waals surface area contributed by atoms with E-state index in [1.165, 1.54) is 0 Å². The average molecular weight is 121 g/mol. The lowest BCUT2D eigenvalue weighted by Gasteiger charge is -2.08. The van der Waals surface area contributed by atoms with E-state index in [0.717, 1.165) is 5.70 Å². The standard InChI is InChI=1S/C6H7N3/c1-2-7-3-6-5(1)8-4-9-6/h1-5,7H,(H,8,9). The van der Waals surface area contributed by atoms with Crippen LogP contribution in [0.5, 0.6) is 0 Å². The van der Waals surface area contributed by atoms with Gasteiger partial charge in [0.15, 0.2) is 0 Å². The predicted molar refractivity (Wildman–Crippen MR) is 35.8 cm³/mol. The average Bonchev–Trinajstić information content (AvgIpc) is 2.33. The van der Waals surface area contributed by atoms with Crippen molar-refractivity contribution >= 4 is 6.34 Å². The van der Waals surface area contributed by atoms with E-state index in [2.05, 4.69) is 15.6 Å². The molecule has 0 aromatic carbocycles. The molecule has 3 heteroatoms. The van der Waals surface area contributed by atoms with Gasteiger partial charge in [-0.2, -0.15) is 0 Å². The van der Waals surface area contributed by atoms with Crippen molar-refractivity contribution in [3.63, 3.8) is 0 Å². The molecule has 0 aromatic rings. The lowest BCUT2D eigenvalue weighted by molar-refractivity contribution is 0.892. The summed E-state index contributed by atoms with van der Waals surface area (Å²) in [5, 5.41) is 5.99. The van der Waals surface area contributed by atoms with E-state index in [4.69, 9.17) is 0 Å². The van der Waals surface area contributed by atoms with E-state index < -0.39 is 0 Å². The van der Waals surface area contributed by atoms with E-state index in [0.29, 0.717) is 0 Å². The van der Waals surface area contributed by atoms with E-state index in [1.54, 1.807) is 6.34 Å². The van der Waals surface area contributed by atoms with Crippen LogP contribution < -0.4 is 10.6 Å². The Labute approximate surface area is 53.2 Å². The maximum atomic E-state index is 4.13. The molecule has 2 rings (SSSR count). The van der Waals surface area contributed by atoms with Crippen LogP contribution in [0.2, 0.25) is 0 Å². The molecule has 2 heterocycles. The zero-order valence-corrected chi connectivity index (χ0v) is 4.83. The summed E-state index contributed by atoms with van der Waals surface area (Å²) in [6.07, 6.45) is 7.52. The maximum absolute atomic E-state index is 4.13. The fraction of sp³-hybridized carbons (Fsp3) is 0.167. The molecule has 1 unspecified atom stereocenters. The number of fused-ring (bicyclic) bond motifs is 1. The SMILES string of the molecule is C1=CC2N=CNC2=CN1. The van der Waals surface area contributed by atoms with Crippen LogP contribution in [-0.2, 0) is 0 Å². The molecule has 1 atom stereocenters. The summed E-state index contributed by atoms with van der Waals surface area (Å²) in [4.78, 5) is 4.13. The molecule has 0 saturated carbocycles. The lowest BCUT2D eigenvalue weighted by atomic mass is 10.2. The van der Waals surface area contributed by atoms with Crippen molar-refractivity contribution in [2.75, 3.05) is 0 Å². The highest BCUT2D eigenvalue weighted by molar-refractivity contribution is 5.63. The van der Waals surface area contributed by atoms with Gasteiger partial charge in [0.2, 0.25) is 0 Å². The zero-order valence-electron chi connectivity index (χ0n) is 4.83. The van der Waals surface area contributed by atoms with Crippen LogP contribution in [0.15, 0.2) is 29.2 Å². The first-order chi connectivity index (χ1) is 4.47. The summed E-state index contributed by atoms with van der Waals surface area (Å²) >= 11 is 0. The Morgan fingerprint density at radius 1 is 1.56 bits per heavy atom. The van der Waals surface area contributed by atoms with Gasteiger partial charge in [0.1, 0.15) is 6.04 Å². The second kappa shape index (κ2) is 1.62. The maximum Gasteiger partial charge on any atom is 0.113 e. The van der Waals surface area contributed by atoms with Gasteiger partial charge in [-0.15, -0.1) is 0 Å². The van der Waals surface area contributed by atoms with E-state index in [1.807, 2.05) is 18.5 Å². The van der Waals surface area contributed by atoms with Crippen LogP contribution in [0.1, 0.15) is 0 Å². The van der Waals surface area contributed by atoms with Gasteiger partial charge in [0.25, 0.3) is 0 Å². The van der Waals surface area contributed by atoms with E-state index in [-0.39, 0.29) is 6.04 Å². The zero-order chi connectivity index (χ0) is 6.10. The molecule has 0 saturated heterocycles. The number of rotatable bonds is 0. The Kier molecular flexibility index (Phi) is 0.828. The molecule has 0 fully saturated rings. The predicted octanol–water partition coefficient (Wildman–Crippen LogP) is -0.0552. The number of nitrogens with zero attached hydrogens (tertiary/aromatic N) is 1. The van der Waals surface area contributed by atoms with Gasteiger partial charge in [-0.05, 0) is 12.3 Å². The number of hydrogen-bond donors (Lipinski definition) is 2. The van der Waals surface area contributed by atoms with Gasteiger partial charge < -0.3 is 10.6 Å². The van der Waals surface area contributed by atoms with Crippen molar-refractivity contribution in [2.24, 2.45) is 4.99 Å². The van der Waals surface area contributed by atoms with Crippen molar-refractivity contribution in [1.29, 1.82) is 0 Å². The largest absolute Gasteiger partial charge is 0.366 e. The molecule has 9 heavy (non-hydrogen) atoms. The second-order valence-electron chi connectivity index (χ2n) is 1.99. The van der Waals surface area contributed by atoms with Gasteiger partial charge in [0, 0.05) is 6.20 Å². The van der Waals surface area contributed by atoms with Crippen LogP contribution in [0, 0.1) is 0 Å². The van der Waals surface area contributed by atoms with E-state index in [9.17, 15) is 0 Å². The summed E-state index contributed by atoms with van der Waals surface area (Å²) in [5.41, 5.74) is 1.12. The minimum absolute atomic E-state index is 0.242. The summed E-state index contributed by atoms with van der Waals surface area (Å²) in [7, 11) is 0. The number of nitrogens with one attached hydrogen (secondary N) is 2. The monoisotopic (exact) mass is 121 g/mol. The van der Waals surface area contributed by atoms with Crippen LogP contribution in [-0.4, -0.2) is 12.4 Å². The van der Waals surface area contributed by atoms with Crippen LogP contribution >= 0.6 is 0 Å². The molecule has 2 aliphatic heterocycles. The van der Waals surface area contributed by atoms with Crippen LogP contribution in [0.3, 0.4) is 0 Å². The summed E-state index contributed by atoms with van der Waals surface area (Å²) in [5.74, 6) is 0. The lowest BCUT2D eigenvalue weighted by Crippen LogP contribution is -2.17. The molecular formula is C6H7N3. The third-order valence-electron chi connectivity index (χ3n) is 1.40. The first-order valence-corrected chi connectivity index (χ1v) is 2.88. The Hall–Kier alpha value is -1.25. The van der Waals surface area contributed by atoms with Gasteiger partial charge in [0.05, 0.1) is 12.0 Å². The van der Waals surface area contributed by atoms with Gasteiger partial charge in [-0.3, -0.25) is 4.99 Å². The molecular weight excluding hydrogens is 114 g/mol. The molecule has 0 bridgehead atoms. The highest BCUT2D eigenvalue weighted by Crippen LogP contribution is 2.10. The molecule has 0 amide bonds. The number of hydrogen-bond acceptors (Lipinski definition) is 3. The third kappa shape index (κ3) is 0.614. The van der Waals surface area contributed by atoms with Gasteiger partial charge >= 0.3 is 0 Å². The number of dihydropyridines is 1. The first-order valence-electron chi connectivity index (χ1n) is 2.88. The molecule has 3 nitrogen and oxygen atoms in total. The molecule has 0 spiro atoms. The van der Waals surface area contributed by atoms with Crippen molar-refractivity contribution in [1.82, 2.24) is 10.6 Å². The molecule has 0 aromatic heterocycles. The smallest absolute Gasteiger partial charge is 0.113 e. The van der Waals surface area contributed by atoms with Gasteiger partial charge in [-0.1, -0.05) is 0 Å². The fourth-order valence-electron chi connectivity index (χ4n) is 0.923. The topological polar surface area (TPSA) is 36.4 Å². The molecule has 46 valence electrons. The minimum Gasteiger partial charge on any atom is -0.366 e. The molecule has 0 aliphatic carbocycles. The van der Waals surface area contributed by atoms with Crippen molar-refractivity contribution < 1.29 is 0 Å². The van der Waals surface area contributed by atoms with Crippen LogP contribution in [0.4, 0.5) is 0 Å². The highest BCUT2D eigenvalue weighted by atomic mass is 15.1. The fourth-order valence-corrected chi connectivity index (χ4v) is 0.923. The van der Waals surface area contributed by atoms with Crippen molar-refractivity contribution in [3.8, 4) is 0 Å². The van der Waals surface area contributed by atoms with Crippen molar-refractivity contribution in [3.05, 3.63) is 24.2 Å². The number of aliphatic imine (C=N–C) groups is 1. The Bertz CT molecular complexity index is 202. The molecule has 2 aliphatic rings. The second-order valence-corrected chi connectivity index (χ2v) is 1.99. The summed E-state index contributed by atoms with van der Waals surface area (Å²) < 4.78 is 0. The van der Waals surface area contributed by atoms with Crippen molar-refractivity contribution in [2.45, 2.75) is 6.04 Å². The van der Waals surface area contributed by atoms with E-state index >= 15 is 0 Å². The minimum atomic E-state index is 0.242. The van der Waals surface area contributed by atoms with Crippen LogP contribution in [0.25, 0.3) is 0 Å². The molecule has 2 N–H and O–H groups in total. The Morgan fingerprint density at radius 2 is 2.56 bits per heavy atom. The Morgan fingerprint density at radius 3 is 3.44 bits per heavy atom. The normalized spacial score (nSPS) is 28.4. The quantitative estimate of drug-likeness (QED) is 0.471. The highest BCUT2D eigenvalue weighted by Gasteiger charge is 2.14. The molecule has 0 radical (unpaired) electrons. The third-order valence-corrected chi connectivity index (χ3v) is 1.40.